The van der Waals surface area contributed by atoms with Crippen LogP contribution < -0.4 is 4.74 Å². The van der Waals surface area contributed by atoms with Crippen LogP contribution in [0.3, 0.4) is 0 Å². The lowest BCUT2D eigenvalue weighted by molar-refractivity contribution is -0.00239. The molecule has 1 saturated heterocycles. The van der Waals surface area contributed by atoms with E-state index in [-0.39, 0.29) is 11.6 Å². The Balaban J connectivity index is 1.63. The van der Waals surface area contributed by atoms with Crippen LogP contribution in [0.4, 0.5) is 4.79 Å². The second-order valence-corrected chi connectivity index (χ2v) is 9.10. The van der Waals surface area contributed by atoms with E-state index in [1.807, 2.05) is 38.7 Å². The molecule has 1 saturated carbocycles. The van der Waals surface area contributed by atoms with Gasteiger partial charge in [0.1, 0.15) is 11.4 Å². The molecule has 0 aromatic heterocycles. The van der Waals surface area contributed by atoms with Crippen LogP contribution in [0, 0.1) is 0 Å². The van der Waals surface area contributed by atoms with Gasteiger partial charge in [0.2, 0.25) is 0 Å². The first-order valence-corrected chi connectivity index (χ1v) is 10.2. The van der Waals surface area contributed by atoms with E-state index in [0.29, 0.717) is 6.61 Å². The summed E-state index contributed by atoms with van der Waals surface area (Å²) in [6.07, 6.45) is 2.10. The Labute approximate surface area is 164 Å². The highest BCUT2D eigenvalue weighted by Crippen LogP contribution is 2.45. The number of amides is 1. The van der Waals surface area contributed by atoms with Crippen molar-refractivity contribution in [2.75, 3.05) is 26.2 Å². The van der Waals surface area contributed by atoms with Crippen molar-refractivity contribution >= 4 is 22.0 Å². The number of hydrogen-bond acceptors (Lipinski definition) is 4. The monoisotopic (exact) mass is 424 g/mol. The van der Waals surface area contributed by atoms with Gasteiger partial charge in [-0.25, -0.2) is 4.79 Å². The van der Waals surface area contributed by atoms with Crippen molar-refractivity contribution in [3.63, 3.8) is 0 Å². The molecule has 1 aromatic rings. The van der Waals surface area contributed by atoms with E-state index in [0.717, 1.165) is 49.2 Å². The SMILES string of the molecule is CCOc1ccc(CN2CCN(C(=O)OC(C)(C)C)CC23CC3)cc1Br. The number of benzene rings is 1. The zero-order chi connectivity index (χ0) is 18.9. The third-order valence-corrected chi connectivity index (χ3v) is 5.56. The Hall–Kier alpha value is -1.27. The van der Waals surface area contributed by atoms with Gasteiger partial charge in [-0.2, -0.15) is 0 Å². The molecular weight excluding hydrogens is 396 g/mol. The lowest BCUT2D eigenvalue weighted by atomic mass is 10.1. The number of ether oxygens (including phenoxy) is 2. The average Bonchev–Trinajstić information content (AvgIpc) is 3.31. The second kappa shape index (κ2) is 7.39. The van der Waals surface area contributed by atoms with Gasteiger partial charge in [0.15, 0.2) is 0 Å². The molecule has 0 N–H and O–H groups in total. The largest absolute Gasteiger partial charge is 0.493 e. The number of carbonyl (C=O) groups excluding carboxylic acids is 1. The molecule has 0 radical (unpaired) electrons. The minimum absolute atomic E-state index is 0.125. The van der Waals surface area contributed by atoms with Crippen molar-refractivity contribution in [3.8, 4) is 5.75 Å². The predicted molar refractivity (Wildman–Crippen MR) is 105 cm³/mol. The van der Waals surface area contributed by atoms with E-state index in [4.69, 9.17) is 9.47 Å². The Morgan fingerprint density at radius 3 is 2.58 bits per heavy atom. The fourth-order valence-electron chi connectivity index (χ4n) is 3.50. The summed E-state index contributed by atoms with van der Waals surface area (Å²) in [5.41, 5.74) is 0.942. The fourth-order valence-corrected chi connectivity index (χ4v) is 4.04. The molecule has 144 valence electrons. The van der Waals surface area contributed by atoms with E-state index < -0.39 is 5.60 Å². The van der Waals surface area contributed by atoms with Crippen molar-refractivity contribution in [2.45, 2.75) is 58.2 Å². The maximum Gasteiger partial charge on any atom is 0.410 e. The number of rotatable bonds is 4. The first-order valence-electron chi connectivity index (χ1n) is 9.37. The molecule has 2 fully saturated rings. The van der Waals surface area contributed by atoms with Gasteiger partial charge in [-0.15, -0.1) is 0 Å². The lowest BCUT2D eigenvalue weighted by Gasteiger charge is -2.42. The maximum absolute atomic E-state index is 12.4. The van der Waals surface area contributed by atoms with Gasteiger partial charge in [-0.3, -0.25) is 4.90 Å². The summed E-state index contributed by atoms with van der Waals surface area (Å²) in [6.45, 7) is 11.6. The van der Waals surface area contributed by atoms with Crippen molar-refractivity contribution in [1.82, 2.24) is 9.80 Å². The van der Waals surface area contributed by atoms with Gasteiger partial charge in [0, 0.05) is 31.7 Å². The summed E-state index contributed by atoms with van der Waals surface area (Å²) in [5, 5.41) is 0. The van der Waals surface area contributed by atoms with Crippen molar-refractivity contribution in [2.24, 2.45) is 0 Å². The third-order valence-electron chi connectivity index (χ3n) is 4.94. The number of piperazine rings is 1. The molecule has 6 heteroatoms. The fraction of sp³-hybridized carbons (Fsp3) is 0.650. The minimum Gasteiger partial charge on any atom is -0.493 e. The first kappa shape index (κ1) is 19.5. The maximum atomic E-state index is 12.4. The Bertz CT molecular complexity index is 668. The highest BCUT2D eigenvalue weighted by molar-refractivity contribution is 9.10. The number of halogens is 1. The Morgan fingerprint density at radius 2 is 2.00 bits per heavy atom. The van der Waals surface area contributed by atoms with E-state index >= 15 is 0 Å². The van der Waals surface area contributed by atoms with Gasteiger partial charge in [0.05, 0.1) is 11.1 Å². The minimum atomic E-state index is -0.445. The van der Waals surface area contributed by atoms with Crippen LogP contribution in [0.15, 0.2) is 22.7 Å². The van der Waals surface area contributed by atoms with Gasteiger partial charge in [-0.05, 0) is 74.2 Å². The average molecular weight is 425 g/mol. The summed E-state index contributed by atoms with van der Waals surface area (Å²) in [4.78, 5) is 16.8. The molecule has 1 spiro atoms. The van der Waals surface area contributed by atoms with Crippen LogP contribution >= 0.6 is 15.9 Å². The quantitative estimate of drug-likeness (QED) is 0.716. The molecule has 26 heavy (non-hydrogen) atoms. The van der Waals surface area contributed by atoms with Crippen LogP contribution in [0.2, 0.25) is 0 Å². The van der Waals surface area contributed by atoms with Gasteiger partial charge in [0.25, 0.3) is 0 Å². The smallest absolute Gasteiger partial charge is 0.410 e. The highest BCUT2D eigenvalue weighted by Gasteiger charge is 2.52. The summed E-state index contributed by atoms with van der Waals surface area (Å²) in [7, 11) is 0. The molecule has 0 unspecified atom stereocenters. The molecular formula is C20H29BrN2O3. The molecule has 3 rings (SSSR count). The molecule has 2 aliphatic rings. The molecule has 1 aliphatic heterocycles. The van der Waals surface area contributed by atoms with Gasteiger partial charge < -0.3 is 14.4 Å². The molecule has 1 amide bonds. The molecule has 5 nitrogen and oxygen atoms in total. The first-order chi connectivity index (χ1) is 12.2. The summed E-state index contributed by atoms with van der Waals surface area (Å²) >= 11 is 3.60. The normalized spacial score (nSPS) is 19.5. The molecule has 0 atom stereocenters. The number of hydrogen-bond donors (Lipinski definition) is 0. The van der Waals surface area contributed by atoms with Crippen LogP contribution in [-0.4, -0.2) is 53.3 Å². The van der Waals surface area contributed by atoms with Crippen LogP contribution in [0.5, 0.6) is 5.75 Å². The zero-order valence-electron chi connectivity index (χ0n) is 16.2. The van der Waals surface area contributed by atoms with Crippen LogP contribution in [-0.2, 0) is 11.3 Å². The second-order valence-electron chi connectivity index (χ2n) is 8.25. The van der Waals surface area contributed by atoms with Crippen molar-refractivity contribution in [3.05, 3.63) is 28.2 Å². The summed E-state index contributed by atoms with van der Waals surface area (Å²) in [5.74, 6) is 0.882. The molecule has 1 aromatic carbocycles. The highest BCUT2D eigenvalue weighted by atomic mass is 79.9. The predicted octanol–water partition coefficient (Wildman–Crippen LogP) is 4.43. The van der Waals surface area contributed by atoms with E-state index in [2.05, 4.69) is 33.0 Å². The lowest BCUT2D eigenvalue weighted by Crippen LogP contribution is -2.56. The van der Waals surface area contributed by atoms with Crippen LogP contribution in [0.25, 0.3) is 0 Å². The summed E-state index contributed by atoms with van der Waals surface area (Å²) < 4.78 is 12.1. The Kier molecular flexibility index (Phi) is 5.54. The Morgan fingerprint density at radius 1 is 1.27 bits per heavy atom. The zero-order valence-corrected chi connectivity index (χ0v) is 17.8. The van der Waals surface area contributed by atoms with Crippen molar-refractivity contribution < 1.29 is 14.3 Å². The van der Waals surface area contributed by atoms with Gasteiger partial charge in [-0.1, -0.05) is 6.07 Å². The summed E-state index contributed by atoms with van der Waals surface area (Å²) in [6, 6.07) is 6.30. The van der Waals surface area contributed by atoms with E-state index in [1.54, 1.807) is 0 Å². The van der Waals surface area contributed by atoms with Crippen LogP contribution in [0.1, 0.15) is 46.1 Å². The topological polar surface area (TPSA) is 42.0 Å². The molecule has 0 bridgehead atoms. The molecule has 1 aliphatic carbocycles. The third kappa shape index (κ3) is 4.52. The van der Waals surface area contributed by atoms with Crippen molar-refractivity contribution in [1.29, 1.82) is 0 Å². The van der Waals surface area contributed by atoms with Gasteiger partial charge >= 0.3 is 6.09 Å². The number of carbonyl (C=O) groups is 1. The van der Waals surface area contributed by atoms with E-state index in [1.165, 1.54) is 5.56 Å². The molecule has 1 heterocycles. The number of nitrogens with zero attached hydrogens (tertiary/aromatic N) is 2. The standard InChI is InChI=1S/C20H29BrN2O3/c1-5-25-17-7-6-15(12-16(17)21)13-23-11-10-22(14-20(23)8-9-20)18(24)26-19(2,3)4/h6-7,12H,5,8-11,13-14H2,1-4H3. The van der Waals surface area contributed by atoms with E-state index in [9.17, 15) is 4.79 Å².